The Kier molecular flexibility index (Phi) is 5.76. The van der Waals surface area contributed by atoms with Crippen LogP contribution >= 0.6 is 0 Å². The van der Waals surface area contributed by atoms with Gasteiger partial charge < -0.3 is 44.5 Å². The first-order valence-electron chi connectivity index (χ1n) is 8.14. The summed E-state index contributed by atoms with van der Waals surface area (Å²) in [4.78, 5) is 0. The van der Waals surface area contributed by atoms with Crippen molar-refractivity contribution in [3.8, 4) is 0 Å². The van der Waals surface area contributed by atoms with Gasteiger partial charge in [-0.05, 0) is 11.6 Å². The van der Waals surface area contributed by atoms with Crippen LogP contribution in [0, 0.1) is 11.8 Å². The van der Waals surface area contributed by atoms with E-state index in [2.05, 4.69) is 0 Å². The van der Waals surface area contributed by atoms with Gasteiger partial charge in [-0.3, -0.25) is 0 Å². The van der Waals surface area contributed by atoms with Gasteiger partial charge in [-0.25, -0.2) is 0 Å². The van der Waals surface area contributed by atoms with Crippen LogP contribution in [-0.2, 0) is 18.9 Å². The number of aliphatic hydroxyl groups is 5. The van der Waals surface area contributed by atoms with Crippen molar-refractivity contribution in [1.82, 2.24) is 0 Å². The molecular formula is C16H24O9. The predicted molar refractivity (Wildman–Crippen MR) is 81.8 cm³/mol. The molecule has 3 aliphatic rings. The SMILES string of the molecule is COC1C=C(CO)C2C(OC3OC(CO)C(O)C(O)C3O)OC=CC12. The van der Waals surface area contributed by atoms with Gasteiger partial charge in [-0.15, -0.1) is 0 Å². The minimum Gasteiger partial charge on any atom is -0.472 e. The molecule has 9 unspecified atom stereocenters. The minimum atomic E-state index is -1.53. The summed E-state index contributed by atoms with van der Waals surface area (Å²) in [5.41, 5.74) is 0.677. The molecule has 2 aliphatic heterocycles. The molecule has 0 radical (unpaired) electrons. The predicted octanol–water partition coefficient (Wildman–Crippen LogP) is -2.15. The van der Waals surface area contributed by atoms with Gasteiger partial charge in [-0.2, -0.15) is 0 Å². The molecule has 9 atom stereocenters. The van der Waals surface area contributed by atoms with Crippen molar-refractivity contribution in [3.63, 3.8) is 0 Å². The molecule has 0 aromatic heterocycles. The Bertz CT molecular complexity index is 520. The quantitative estimate of drug-likeness (QED) is 0.347. The lowest BCUT2D eigenvalue weighted by atomic mass is 9.88. The van der Waals surface area contributed by atoms with Crippen LogP contribution in [-0.4, -0.2) is 89.0 Å². The first kappa shape index (κ1) is 18.7. The van der Waals surface area contributed by atoms with Crippen LogP contribution in [0.1, 0.15) is 0 Å². The van der Waals surface area contributed by atoms with Crippen molar-refractivity contribution in [3.05, 3.63) is 24.0 Å². The molecule has 9 nitrogen and oxygen atoms in total. The van der Waals surface area contributed by atoms with Gasteiger partial charge in [0.15, 0.2) is 6.29 Å². The van der Waals surface area contributed by atoms with Crippen molar-refractivity contribution < 1.29 is 44.5 Å². The summed E-state index contributed by atoms with van der Waals surface area (Å²) in [5.74, 6) is -0.469. The van der Waals surface area contributed by atoms with E-state index in [-0.39, 0.29) is 24.5 Å². The van der Waals surface area contributed by atoms with Crippen molar-refractivity contribution >= 4 is 0 Å². The van der Waals surface area contributed by atoms with Gasteiger partial charge in [0.1, 0.15) is 24.4 Å². The Morgan fingerprint density at radius 3 is 2.48 bits per heavy atom. The van der Waals surface area contributed by atoms with Crippen LogP contribution in [0.4, 0.5) is 0 Å². The van der Waals surface area contributed by atoms with E-state index in [4.69, 9.17) is 18.9 Å². The van der Waals surface area contributed by atoms with Crippen LogP contribution in [0.3, 0.4) is 0 Å². The molecule has 1 aliphatic carbocycles. The third-order valence-electron chi connectivity index (χ3n) is 4.98. The van der Waals surface area contributed by atoms with E-state index in [0.29, 0.717) is 5.57 Å². The van der Waals surface area contributed by atoms with E-state index < -0.39 is 43.6 Å². The number of methoxy groups -OCH3 is 1. The lowest BCUT2D eigenvalue weighted by molar-refractivity contribution is -0.339. The first-order valence-corrected chi connectivity index (χ1v) is 8.14. The fourth-order valence-electron chi connectivity index (χ4n) is 3.58. The normalized spacial score (nSPS) is 46.5. The van der Waals surface area contributed by atoms with Gasteiger partial charge in [-0.1, -0.05) is 6.08 Å². The van der Waals surface area contributed by atoms with E-state index in [0.717, 1.165) is 0 Å². The third kappa shape index (κ3) is 3.34. The molecule has 1 fully saturated rings. The molecule has 5 N–H and O–H groups in total. The molecular weight excluding hydrogens is 336 g/mol. The molecule has 0 spiro atoms. The summed E-state index contributed by atoms with van der Waals surface area (Å²) < 4.78 is 21.9. The second-order valence-electron chi connectivity index (χ2n) is 6.37. The summed E-state index contributed by atoms with van der Waals surface area (Å²) in [6.45, 7) is -0.747. The van der Waals surface area contributed by atoms with Crippen LogP contribution < -0.4 is 0 Å². The summed E-state index contributed by atoms with van der Waals surface area (Å²) in [5, 5.41) is 48.7. The molecule has 25 heavy (non-hydrogen) atoms. The monoisotopic (exact) mass is 360 g/mol. The van der Waals surface area contributed by atoms with Crippen molar-refractivity contribution in [2.24, 2.45) is 11.8 Å². The van der Waals surface area contributed by atoms with E-state index in [1.54, 1.807) is 13.2 Å². The molecule has 1 saturated heterocycles. The lowest BCUT2D eigenvalue weighted by Gasteiger charge is -2.42. The topological polar surface area (TPSA) is 138 Å². The lowest BCUT2D eigenvalue weighted by Crippen LogP contribution is -2.60. The zero-order valence-corrected chi connectivity index (χ0v) is 13.7. The summed E-state index contributed by atoms with van der Waals surface area (Å²) in [7, 11) is 1.56. The molecule has 3 rings (SSSR count). The third-order valence-corrected chi connectivity index (χ3v) is 4.98. The molecule has 2 heterocycles. The molecule has 142 valence electrons. The van der Waals surface area contributed by atoms with Crippen LogP contribution in [0.2, 0.25) is 0 Å². The van der Waals surface area contributed by atoms with Gasteiger partial charge in [0.05, 0.1) is 31.5 Å². The van der Waals surface area contributed by atoms with Crippen LogP contribution in [0.25, 0.3) is 0 Å². The van der Waals surface area contributed by atoms with Crippen molar-refractivity contribution in [2.75, 3.05) is 20.3 Å². The van der Waals surface area contributed by atoms with Gasteiger partial charge in [0.25, 0.3) is 0 Å². The highest BCUT2D eigenvalue weighted by atomic mass is 16.8. The Morgan fingerprint density at radius 1 is 1.08 bits per heavy atom. The zero-order valence-electron chi connectivity index (χ0n) is 13.7. The average molecular weight is 360 g/mol. The standard InChI is InChI=1S/C16H24O9/c1-22-9-4-7(5-17)11-8(9)2-3-23-15(11)25-16-14(21)13(20)12(19)10(6-18)24-16/h2-4,8-21H,5-6H2,1H3. The zero-order chi connectivity index (χ0) is 18.1. The number of rotatable bonds is 5. The van der Waals surface area contributed by atoms with E-state index in [1.807, 2.05) is 6.08 Å². The fourth-order valence-corrected chi connectivity index (χ4v) is 3.58. The smallest absolute Gasteiger partial charge is 0.209 e. The fraction of sp³-hybridized carbons (Fsp3) is 0.750. The first-order chi connectivity index (χ1) is 12.0. The maximum atomic E-state index is 10.1. The largest absolute Gasteiger partial charge is 0.472 e. The number of ether oxygens (including phenoxy) is 4. The average Bonchev–Trinajstić information content (AvgIpc) is 3.01. The van der Waals surface area contributed by atoms with Gasteiger partial charge >= 0.3 is 0 Å². The summed E-state index contributed by atoms with van der Waals surface area (Å²) in [6.07, 6.45) is -2.96. The maximum Gasteiger partial charge on any atom is 0.209 e. The Labute approximate surface area is 144 Å². The molecule has 0 aromatic rings. The second kappa shape index (κ2) is 7.68. The van der Waals surface area contributed by atoms with Gasteiger partial charge in [0.2, 0.25) is 6.29 Å². The number of aliphatic hydroxyl groups excluding tert-OH is 5. The van der Waals surface area contributed by atoms with Crippen LogP contribution in [0.5, 0.6) is 0 Å². The van der Waals surface area contributed by atoms with Crippen LogP contribution in [0.15, 0.2) is 24.0 Å². The van der Waals surface area contributed by atoms with E-state index >= 15 is 0 Å². The van der Waals surface area contributed by atoms with Crippen molar-refractivity contribution in [2.45, 2.75) is 43.1 Å². The summed E-state index contributed by atoms with van der Waals surface area (Å²) in [6, 6.07) is 0. The van der Waals surface area contributed by atoms with Crippen molar-refractivity contribution in [1.29, 1.82) is 0 Å². The number of fused-ring (bicyclic) bond motifs is 1. The Hall–Kier alpha value is -1.04. The summed E-state index contributed by atoms with van der Waals surface area (Å²) >= 11 is 0. The number of hydrogen-bond donors (Lipinski definition) is 5. The second-order valence-corrected chi connectivity index (χ2v) is 6.37. The van der Waals surface area contributed by atoms with E-state index in [1.165, 1.54) is 6.26 Å². The number of hydrogen-bond acceptors (Lipinski definition) is 9. The highest BCUT2D eigenvalue weighted by molar-refractivity contribution is 5.26. The Balaban J connectivity index is 1.76. The van der Waals surface area contributed by atoms with E-state index in [9.17, 15) is 25.5 Å². The Morgan fingerprint density at radius 2 is 1.84 bits per heavy atom. The molecule has 0 saturated carbocycles. The maximum absolute atomic E-state index is 10.1. The van der Waals surface area contributed by atoms with Gasteiger partial charge in [0, 0.05) is 13.0 Å². The molecule has 0 bridgehead atoms. The molecule has 9 heteroatoms. The molecule has 0 aromatic carbocycles. The highest BCUT2D eigenvalue weighted by Gasteiger charge is 2.49. The minimum absolute atomic E-state index is 0.115. The highest BCUT2D eigenvalue weighted by Crippen LogP contribution is 2.41. The molecule has 0 amide bonds.